The highest BCUT2D eigenvalue weighted by Gasteiger charge is 2.21. The van der Waals surface area contributed by atoms with E-state index >= 15 is 0 Å². The van der Waals surface area contributed by atoms with Crippen molar-refractivity contribution in [1.82, 2.24) is 15.1 Å². The van der Waals surface area contributed by atoms with Crippen molar-refractivity contribution in [1.29, 1.82) is 0 Å². The van der Waals surface area contributed by atoms with E-state index in [1.165, 1.54) is 4.90 Å². The van der Waals surface area contributed by atoms with Gasteiger partial charge < -0.3 is 15.1 Å². The van der Waals surface area contributed by atoms with E-state index in [2.05, 4.69) is 27.9 Å². The minimum Gasteiger partial charge on any atom is -0.339 e. The van der Waals surface area contributed by atoms with Gasteiger partial charge in [0.25, 0.3) is 5.91 Å². The molecule has 7 heteroatoms. The Balaban J connectivity index is 1.98. The Morgan fingerprint density at radius 3 is 2.67 bits per heavy atom. The molecule has 0 radical (unpaired) electrons. The summed E-state index contributed by atoms with van der Waals surface area (Å²) in [6.07, 6.45) is 0. The van der Waals surface area contributed by atoms with E-state index in [0.717, 1.165) is 16.7 Å². The second-order valence-corrected chi connectivity index (χ2v) is 6.49. The molecule has 0 spiro atoms. The molecule has 0 aromatic heterocycles. The van der Waals surface area contributed by atoms with E-state index in [1.54, 1.807) is 30.1 Å². The summed E-state index contributed by atoms with van der Waals surface area (Å²) < 4.78 is 0.894. The van der Waals surface area contributed by atoms with E-state index in [-0.39, 0.29) is 18.4 Å². The molecule has 2 rings (SSSR count). The number of hydrogen-bond donors (Lipinski definition) is 1. The maximum atomic E-state index is 12.3. The first-order valence-electron chi connectivity index (χ1n) is 6.68. The number of piperazine rings is 1. The van der Waals surface area contributed by atoms with Gasteiger partial charge in [-0.05, 0) is 40.8 Å². The van der Waals surface area contributed by atoms with Crippen LogP contribution in [0.5, 0.6) is 0 Å². The van der Waals surface area contributed by atoms with Gasteiger partial charge in [0, 0.05) is 42.4 Å². The van der Waals surface area contributed by atoms with Gasteiger partial charge in [-0.3, -0.25) is 9.59 Å². The van der Waals surface area contributed by atoms with Gasteiger partial charge >= 0.3 is 0 Å². The van der Waals surface area contributed by atoms with Crippen molar-refractivity contribution < 1.29 is 9.59 Å². The number of likely N-dealkylation sites (N-methyl/N-ethyl adjacent to an activating group) is 1. The van der Waals surface area contributed by atoms with E-state index in [0.29, 0.717) is 23.7 Å². The van der Waals surface area contributed by atoms with Crippen LogP contribution in [0.2, 0.25) is 5.02 Å². The highest BCUT2D eigenvalue weighted by Crippen LogP contribution is 2.20. The third kappa shape index (κ3) is 4.31. The molecule has 1 aliphatic rings. The minimum absolute atomic E-state index is 0.0241. The van der Waals surface area contributed by atoms with Gasteiger partial charge in [-0.15, -0.1) is 0 Å². The normalized spacial score (nSPS) is 14.9. The zero-order valence-corrected chi connectivity index (χ0v) is 14.6. The topological polar surface area (TPSA) is 52.7 Å². The van der Waals surface area contributed by atoms with Gasteiger partial charge in [-0.25, -0.2) is 0 Å². The molecule has 1 aliphatic heterocycles. The Bertz CT molecular complexity index is 547. The lowest BCUT2D eigenvalue weighted by Crippen LogP contribution is -2.49. The first kappa shape index (κ1) is 16.5. The third-order valence-corrected chi connectivity index (χ3v) is 4.93. The first-order chi connectivity index (χ1) is 9.99. The molecule has 2 amide bonds. The molecule has 1 fully saturated rings. The van der Waals surface area contributed by atoms with Gasteiger partial charge in [-0.1, -0.05) is 11.6 Å². The second-order valence-electron chi connectivity index (χ2n) is 4.92. The van der Waals surface area contributed by atoms with Crippen LogP contribution in [0.15, 0.2) is 18.2 Å². The van der Waals surface area contributed by atoms with E-state index < -0.39 is 0 Å². The molecule has 0 atom stereocenters. The number of nitrogens with zero attached hydrogens (tertiary/aromatic N) is 2. The summed E-state index contributed by atoms with van der Waals surface area (Å²) in [5, 5.41) is 3.74. The van der Waals surface area contributed by atoms with Crippen LogP contribution >= 0.6 is 34.2 Å². The molecule has 21 heavy (non-hydrogen) atoms. The first-order valence-corrected chi connectivity index (χ1v) is 8.13. The zero-order chi connectivity index (χ0) is 15.4. The molecule has 1 saturated heterocycles. The van der Waals surface area contributed by atoms with E-state index in [4.69, 9.17) is 11.6 Å². The number of halogens is 2. The van der Waals surface area contributed by atoms with Gasteiger partial charge in [0.2, 0.25) is 5.91 Å². The molecule has 0 saturated carbocycles. The van der Waals surface area contributed by atoms with Crippen LogP contribution < -0.4 is 5.32 Å². The molecule has 0 bridgehead atoms. The van der Waals surface area contributed by atoms with Crippen LogP contribution in [0.1, 0.15) is 10.4 Å². The zero-order valence-electron chi connectivity index (χ0n) is 11.7. The molecule has 1 heterocycles. The number of rotatable bonds is 3. The smallest absolute Gasteiger partial charge is 0.254 e. The molecule has 1 aromatic carbocycles. The lowest BCUT2D eigenvalue weighted by Gasteiger charge is -2.29. The number of amides is 2. The summed E-state index contributed by atoms with van der Waals surface area (Å²) in [5.41, 5.74) is 0.496. The molecule has 0 unspecified atom stereocenters. The molecular weight excluding hydrogens is 405 g/mol. The lowest BCUT2D eigenvalue weighted by molar-refractivity contribution is -0.132. The van der Waals surface area contributed by atoms with Gasteiger partial charge in [-0.2, -0.15) is 0 Å². The predicted octanol–water partition coefficient (Wildman–Crippen LogP) is 1.45. The van der Waals surface area contributed by atoms with Crippen LogP contribution in [0.25, 0.3) is 0 Å². The van der Waals surface area contributed by atoms with Crippen LogP contribution in [-0.2, 0) is 4.79 Å². The highest BCUT2D eigenvalue weighted by atomic mass is 127. The van der Waals surface area contributed by atoms with Crippen LogP contribution in [0.3, 0.4) is 0 Å². The average molecular weight is 422 g/mol. The maximum absolute atomic E-state index is 12.3. The fourth-order valence-corrected chi connectivity index (χ4v) is 2.65. The number of carbonyl (C=O) groups excluding carboxylic acids is 2. The standard InChI is InChI=1S/C14H17ClIN3O2/c1-18(9-13(20)19-6-4-17-5-7-19)14(21)10-2-3-12(16)11(15)8-10/h2-3,8,17H,4-7,9H2,1H3. The van der Waals surface area contributed by atoms with Crippen molar-refractivity contribution in [3.05, 3.63) is 32.4 Å². The number of carbonyl (C=O) groups is 2. The summed E-state index contributed by atoms with van der Waals surface area (Å²) in [5.74, 6) is -0.222. The number of benzene rings is 1. The van der Waals surface area contributed by atoms with Gasteiger partial charge in [0.15, 0.2) is 0 Å². The number of hydrogen-bond acceptors (Lipinski definition) is 3. The van der Waals surface area contributed by atoms with Gasteiger partial charge in [0.1, 0.15) is 0 Å². The second kappa shape index (κ2) is 7.42. The van der Waals surface area contributed by atoms with Crippen molar-refractivity contribution in [3.8, 4) is 0 Å². The van der Waals surface area contributed by atoms with E-state index in [1.807, 2.05) is 0 Å². The van der Waals surface area contributed by atoms with Crippen molar-refractivity contribution in [2.24, 2.45) is 0 Å². The summed E-state index contributed by atoms with van der Waals surface area (Å²) >= 11 is 8.14. The molecule has 5 nitrogen and oxygen atoms in total. The van der Waals surface area contributed by atoms with Crippen LogP contribution in [0.4, 0.5) is 0 Å². The van der Waals surface area contributed by atoms with Crippen molar-refractivity contribution in [2.45, 2.75) is 0 Å². The Kier molecular flexibility index (Phi) is 5.83. The molecular formula is C14H17ClIN3O2. The average Bonchev–Trinajstić information content (AvgIpc) is 2.50. The highest BCUT2D eigenvalue weighted by molar-refractivity contribution is 14.1. The molecule has 114 valence electrons. The molecule has 0 aliphatic carbocycles. The number of nitrogens with one attached hydrogen (secondary N) is 1. The minimum atomic E-state index is -0.197. The fraction of sp³-hybridized carbons (Fsp3) is 0.429. The predicted molar refractivity (Wildman–Crippen MR) is 90.6 cm³/mol. The Morgan fingerprint density at radius 1 is 1.38 bits per heavy atom. The third-order valence-electron chi connectivity index (χ3n) is 3.36. The monoisotopic (exact) mass is 421 g/mol. The fourth-order valence-electron chi connectivity index (χ4n) is 2.14. The van der Waals surface area contributed by atoms with Crippen molar-refractivity contribution in [3.63, 3.8) is 0 Å². The molecule has 1 N–H and O–H groups in total. The van der Waals surface area contributed by atoms with Crippen molar-refractivity contribution >= 4 is 46.0 Å². The Labute approximate surface area is 142 Å². The van der Waals surface area contributed by atoms with Gasteiger partial charge in [0.05, 0.1) is 11.6 Å². The van der Waals surface area contributed by atoms with E-state index in [9.17, 15) is 9.59 Å². The SMILES string of the molecule is CN(CC(=O)N1CCNCC1)C(=O)c1ccc(I)c(Cl)c1. The maximum Gasteiger partial charge on any atom is 0.254 e. The summed E-state index contributed by atoms with van der Waals surface area (Å²) in [4.78, 5) is 27.7. The summed E-state index contributed by atoms with van der Waals surface area (Å²) in [6, 6.07) is 5.15. The summed E-state index contributed by atoms with van der Waals surface area (Å²) in [6.45, 7) is 3.07. The lowest BCUT2D eigenvalue weighted by atomic mass is 10.2. The molecule has 1 aromatic rings. The Hall–Kier alpha value is -0.860. The quantitative estimate of drug-likeness (QED) is 0.752. The van der Waals surface area contributed by atoms with Crippen LogP contribution in [0, 0.1) is 3.57 Å². The van der Waals surface area contributed by atoms with Crippen molar-refractivity contribution in [2.75, 3.05) is 39.8 Å². The Morgan fingerprint density at radius 2 is 2.05 bits per heavy atom. The van der Waals surface area contributed by atoms with Crippen LogP contribution in [-0.4, -0.2) is 61.4 Å². The largest absolute Gasteiger partial charge is 0.339 e. The summed E-state index contributed by atoms with van der Waals surface area (Å²) in [7, 11) is 1.63.